The minimum atomic E-state index is -2.03. The van der Waals surface area contributed by atoms with Gasteiger partial charge in [-0.25, -0.2) is 0 Å². The second kappa shape index (κ2) is 8.08. The lowest BCUT2D eigenvalue weighted by Crippen LogP contribution is -2.69. The number of amides is 1. The van der Waals surface area contributed by atoms with Gasteiger partial charge in [-0.15, -0.1) is 11.3 Å². The highest BCUT2D eigenvalue weighted by Crippen LogP contribution is 2.52. The Kier molecular flexibility index (Phi) is 5.50. The SMILES string of the molecule is Cc1csc(-c2ccc(O)c3c2CC2CC4C(N(C)C)C(=O)C(C(N)=O)CC4(O)C(=O)C2C3=O)c1. The molecule has 0 spiro atoms. The number of carbonyl (C=O) groups excluding carboxylic acids is 4. The number of thiophene rings is 1. The Morgan fingerprint density at radius 1 is 1.23 bits per heavy atom. The zero-order chi connectivity index (χ0) is 25.4. The number of nitrogens with zero attached hydrogens (tertiary/aromatic N) is 1. The summed E-state index contributed by atoms with van der Waals surface area (Å²) in [5.41, 5.74) is 6.17. The first-order valence-corrected chi connectivity index (χ1v) is 12.5. The number of hydrogen-bond donors (Lipinski definition) is 3. The van der Waals surface area contributed by atoms with Crippen molar-refractivity contribution in [2.45, 2.75) is 37.8 Å². The number of likely N-dealkylation sites (N-methyl/N-ethyl adjacent to an activating group) is 1. The van der Waals surface area contributed by atoms with E-state index < -0.39 is 65.0 Å². The molecule has 184 valence electrons. The van der Waals surface area contributed by atoms with Gasteiger partial charge < -0.3 is 15.9 Å². The molecule has 9 heteroatoms. The highest BCUT2D eigenvalue weighted by atomic mass is 32.1. The number of aliphatic hydroxyl groups is 1. The number of primary amides is 1. The summed E-state index contributed by atoms with van der Waals surface area (Å²) < 4.78 is 0. The van der Waals surface area contributed by atoms with Gasteiger partial charge in [-0.1, -0.05) is 0 Å². The van der Waals surface area contributed by atoms with Crippen molar-refractivity contribution in [3.63, 3.8) is 0 Å². The molecule has 2 aromatic rings. The number of fused-ring (bicyclic) bond motifs is 3. The average molecular weight is 497 g/mol. The summed E-state index contributed by atoms with van der Waals surface area (Å²) in [5, 5.41) is 24.3. The number of nitrogens with two attached hydrogens (primary N) is 1. The van der Waals surface area contributed by atoms with Crippen LogP contribution in [0.2, 0.25) is 0 Å². The predicted octanol–water partition coefficient (Wildman–Crippen LogP) is 1.72. The molecule has 1 aromatic heterocycles. The Morgan fingerprint density at radius 2 is 1.94 bits per heavy atom. The lowest BCUT2D eigenvalue weighted by Gasteiger charge is -2.53. The number of ketones is 3. The van der Waals surface area contributed by atoms with E-state index >= 15 is 0 Å². The summed E-state index contributed by atoms with van der Waals surface area (Å²) in [5.74, 6) is -6.36. The molecule has 6 atom stereocenters. The topological polar surface area (TPSA) is 138 Å². The monoisotopic (exact) mass is 496 g/mol. The minimum absolute atomic E-state index is 0.118. The van der Waals surface area contributed by atoms with E-state index in [2.05, 4.69) is 0 Å². The van der Waals surface area contributed by atoms with Crippen molar-refractivity contribution in [1.82, 2.24) is 4.90 Å². The van der Waals surface area contributed by atoms with Crippen molar-refractivity contribution >= 4 is 34.6 Å². The molecule has 1 amide bonds. The molecular weight excluding hydrogens is 468 g/mol. The van der Waals surface area contributed by atoms with Gasteiger partial charge in [-0.05, 0) is 80.0 Å². The zero-order valence-electron chi connectivity index (χ0n) is 19.8. The third-order valence-corrected chi connectivity index (χ3v) is 9.15. The van der Waals surface area contributed by atoms with E-state index in [0.29, 0.717) is 12.0 Å². The van der Waals surface area contributed by atoms with E-state index in [1.165, 1.54) is 6.07 Å². The van der Waals surface area contributed by atoms with Gasteiger partial charge in [0.15, 0.2) is 17.3 Å². The second-order valence-corrected chi connectivity index (χ2v) is 11.3. The van der Waals surface area contributed by atoms with Gasteiger partial charge in [0.05, 0.1) is 17.5 Å². The molecule has 3 aliphatic carbocycles. The van der Waals surface area contributed by atoms with E-state index in [4.69, 9.17) is 5.73 Å². The van der Waals surface area contributed by atoms with Gasteiger partial charge in [-0.3, -0.25) is 24.1 Å². The first kappa shape index (κ1) is 23.8. The molecule has 0 bridgehead atoms. The number of aryl methyl sites for hydroxylation is 1. The van der Waals surface area contributed by atoms with Crippen molar-refractivity contribution in [2.24, 2.45) is 29.4 Å². The third kappa shape index (κ3) is 3.40. The summed E-state index contributed by atoms with van der Waals surface area (Å²) in [4.78, 5) is 55.3. The maximum Gasteiger partial charge on any atom is 0.228 e. The summed E-state index contributed by atoms with van der Waals surface area (Å²) in [6.45, 7) is 1.98. The zero-order valence-corrected chi connectivity index (χ0v) is 20.6. The number of phenolic OH excluding ortho intramolecular Hbond substituents is 1. The molecule has 1 heterocycles. The van der Waals surface area contributed by atoms with Crippen molar-refractivity contribution in [3.05, 3.63) is 40.3 Å². The Labute approximate surface area is 206 Å². The summed E-state index contributed by atoms with van der Waals surface area (Å²) in [6.07, 6.45) is 0.202. The molecule has 35 heavy (non-hydrogen) atoms. The number of hydrogen-bond acceptors (Lipinski definition) is 8. The van der Waals surface area contributed by atoms with Crippen LogP contribution in [0.4, 0.5) is 0 Å². The fourth-order valence-corrected chi connectivity index (χ4v) is 7.47. The Hall–Kier alpha value is -2.88. The van der Waals surface area contributed by atoms with Crippen molar-refractivity contribution in [1.29, 1.82) is 0 Å². The third-order valence-electron chi connectivity index (χ3n) is 8.06. The van der Waals surface area contributed by atoms with Crippen LogP contribution in [0.15, 0.2) is 23.6 Å². The maximum absolute atomic E-state index is 13.8. The fourth-order valence-electron chi connectivity index (χ4n) is 6.51. The normalized spacial score (nSPS) is 32.3. The maximum atomic E-state index is 13.8. The van der Waals surface area contributed by atoms with Gasteiger partial charge in [0.1, 0.15) is 17.3 Å². The highest BCUT2D eigenvalue weighted by molar-refractivity contribution is 7.13. The number of carbonyl (C=O) groups is 4. The Bertz CT molecular complexity index is 1280. The van der Waals surface area contributed by atoms with Crippen LogP contribution in [-0.4, -0.2) is 64.1 Å². The van der Waals surface area contributed by atoms with Gasteiger partial charge in [0, 0.05) is 17.2 Å². The largest absolute Gasteiger partial charge is 0.507 e. The molecule has 0 radical (unpaired) electrons. The molecule has 1 aromatic carbocycles. The first-order valence-electron chi connectivity index (χ1n) is 11.7. The number of phenols is 1. The van der Waals surface area contributed by atoms with Crippen LogP contribution in [0.3, 0.4) is 0 Å². The van der Waals surface area contributed by atoms with E-state index in [1.807, 2.05) is 18.4 Å². The molecule has 2 fully saturated rings. The molecule has 0 aliphatic heterocycles. The van der Waals surface area contributed by atoms with Crippen LogP contribution in [0.1, 0.15) is 34.3 Å². The molecule has 0 saturated heterocycles. The van der Waals surface area contributed by atoms with Gasteiger partial charge in [-0.2, -0.15) is 0 Å². The molecule has 8 nitrogen and oxygen atoms in total. The average Bonchev–Trinajstić information content (AvgIpc) is 3.20. The predicted molar refractivity (Wildman–Crippen MR) is 129 cm³/mol. The number of aromatic hydroxyl groups is 1. The Morgan fingerprint density at radius 3 is 2.54 bits per heavy atom. The van der Waals surface area contributed by atoms with Crippen LogP contribution >= 0.6 is 11.3 Å². The van der Waals surface area contributed by atoms with Crippen molar-refractivity contribution in [3.8, 4) is 16.2 Å². The smallest absolute Gasteiger partial charge is 0.228 e. The van der Waals surface area contributed by atoms with Crippen LogP contribution in [-0.2, 0) is 20.8 Å². The van der Waals surface area contributed by atoms with E-state index in [1.54, 1.807) is 36.4 Å². The lowest BCUT2D eigenvalue weighted by molar-refractivity contribution is -0.176. The van der Waals surface area contributed by atoms with Gasteiger partial charge in [0.25, 0.3) is 0 Å². The summed E-state index contributed by atoms with van der Waals surface area (Å²) in [6, 6.07) is 4.40. The van der Waals surface area contributed by atoms with Gasteiger partial charge in [0.2, 0.25) is 5.91 Å². The Balaban J connectivity index is 1.63. The number of rotatable bonds is 3. The molecular formula is C26H28N2O6S. The van der Waals surface area contributed by atoms with Crippen LogP contribution < -0.4 is 5.73 Å². The minimum Gasteiger partial charge on any atom is -0.507 e. The standard InChI is InChI=1S/C26H28N2O6S/c1-11-6-18(35-10-11)13-4-5-17(29)20-14(13)7-12-8-16-21(28(2)3)22(30)15(25(27)33)9-26(16,34)24(32)19(12)23(20)31/h4-6,10,12,15-16,19,21,29,34H,7-9H2,1-3H3,(H2,27,33). The molecule has 4 N–H and O–H groups in total. The lowest BCUT2D eigenvalue weighted by atomic mass is 9.52. The summed E-state index contributed by atoms with van der Waals surface area (Å²) in [7, 11) is 3.33. The quantitative estimate of drug-likeness (QED) is 0.550. The van der Waals surface area contributed by atoms with Crippen molar-refractivity contribution in [2.75, 3.05) is 14.1 Å². The van der Waals surface area contributed by atoms with Crippen LogP contribution in [0, 0.1) is 30.6 Å². The van der Waals surface area contributed by atoms with E-state index in [9.17, 15) is 29.4 Å². The molecule has 3 aliphatic rings. The molecule has 6 unspecified atom stereocenters. The fraction of sp³-hybridized carbons (Fsp3) is 0.462. The van der Waals surface area contributed by atoms with E-state index in [-0.39, 0.29) is 17.7 Å². The number of benzene rings is 1. The van der Waals surface area contributed by atoms with Crippen LogP contribution in [0.25, 0.3) is 10.4 Å². The van der Waals surface area contributed by atoms with E-state index in [0.717, 1.165) is 16.0 Å². The highest BCUT2D eigenvalue weighted by Gasteiger charge is 2.64. The second-order valence-electron chi connectivity index (χ2n) is 10.4. The van der Waals surface area contributed by atoms with Crippen molar-refractivity contribution < 1.29 is 29.4 Å². The number of Topliss-reactive ketones (excluding diaryl/α,β-unsaturated/α-hetero) is 3. The summed E-state index contributed by atoms with van der Waals surface area (Å²) >= 11 is 1.54. The molecule has 5 rings (SSSR count). The first-order chi connectivity index (χ1) is 16.5. The van der Waals surface area contributed by atoms with Gasteiger partial charge >= 0.3 is 0 Å². The van der Waals surface area contributed by atoms with Crippen LogP contribution in [0.5, 0.6) is 5.75 Å². The molecule has 2 saturated carbocycles.